The highest BCUT2D eigenvalue weighted by Crippen LogP contribution is 2.49. The van der Waals surface area contributed by atoms with E-state index in [9.17, 15) is 14.4 Å². The topological polar surface area (TPSA) is 81.7 Å². The lowest BCUT2D eigenvalue weighted by Crippen LogP contribution is -2.27. The molecule has 1 heterocycles. The Bertz CT molecular complexity index is 791. The van der Waals surface area contributed by atoms with Crippen molar-refractivity contribution in [3.63, 3.8) is 0 Å². The van der Waals surface area contributed by atoms with Gasteiger partial charge in [0, 0.05) is 5.92 Å². The zero-order valence-corrected chi connectivity index (χ0v) is 18.0. The molecule has 1 aromatic heterocycles. The summed E-state index contributed by atoms with van der Waals surface area (Å²) < 4.78 is 10.6. The van der Waals surface area contributed by atoms with E-state index in [1.807, 2.05) is 0 Å². The maximum absolute atomic E-state index is 12.9. The first kappa shape index (κ1) is 20.8. The highest BCUT2D eigenvalue weighted by Gasteiger charge is 2.43. The summed E-state index contributed by atoms with van der Waals surface area (Å²) in [7, 11) is 0. The molecule has 28 heavy (non-hydrogen) atoms. The molecule has 3 rings (SSSR count). The fraction of sp³-hybridized carbons (Fsp3) is 0.667. The van der Waals surface area contributed by atoms with Gasteiger partial charge in [-0.2, -0.15) is 0 Å². The molecule has 3 unspecified atom stereocenters. The third-order valence-corrected chi connectivity index (χ3v) is 6.71. The molecule has 2 fully saturated rings. The van der Waals surface area contributed by atoms with Gasteiger partial charge in [-0.1, -0.05) is 6.42 Å². The summed E-state index contributed by atoms with van der Waals surface area (Å²) in [4.78, 5) is 38.3. The van der Waals surface area contributed by atoms with E-state index in [0.717, 1.165) is 30.6 Å². The number of nitrogens with one attached hydrogen (secondary N) is 1. The van der Waals surface area contributed by atoms with E-state index in [-0.39, 0.29) is 24.0 Å². The number of thiophene rings is 1. The Morgan fingerprint density at radius 3 is 2.39 bits per heavy atom. The summed E-state index contributed by atoms with van der Waals surface area (Å²) in [6.07, 6.45) is 4.34. The molecule has 0 spiro atoms. The van der Waals surface area contributed by atoms with Gasteiger partial charge in [-0.3, -0.25) is 4.79 Å². The van der Waals surface area contributed by atoms with E-state index in [2.05, 4.69) is 5.32 Å². The largest absolute Gasteiger partial charge is 0.462 e. The second-order valence-electron chi connectivity index (χ2n) is 8.75. The van der Waals surface area contributed by atoms with E-state index in [1.165, 1.54) is 6.42 Å². The van der Waals surface area contributed by atoms with E-state index >= 15 is 0 Å². The van der Waals surface area contributed by atoms with Gasteiger partial charge in [-0.15, -0.1) is 11.3 Å². The lowest BCUT2D eigenvalue weighted by Gasteiger charge is -2.20. The van der Waals surface area contributed by atoms with Crippen LogP contribution in [-0.4, -0.2) is 30.1 Å². The Morgan fingerprint density at radius 2 is 1.86 bits per heavy atom. The SMILES string of the molecule is CCOC(=O)c1c(NC(=O)C2CC3CCC2C3)sc(C(=O)OC(C)(C)C)c1C. The maximum atomic E-state index is 12.9. The van der Waals surface area contributed by atoms with E-state index in [4.69, 9.17) is 9.47 Å². The van der Waals surface area contributed by atoms with Gasteiger partial charge in [-0.25, -0.2) is 9.59 Å². The lowest BCUT2D eigenvalue weighted by atomic mass is 9.88. The van der Waals surface area contributed by atoms with E-state index in [1.54, 1.807) is 34.6 Å². The van der Waals surface area contributed by atoms with Crippen LogP contribution in [0.5, 0.6) is 0 Å². The van der Waals surface area contributed by atoms with E-state index in [0.29, 0.717) is 27.3 Å². The predicted octanol–water partition coefficient (Wildman–Crippen LogP) is 4.56. The normalized spacial score (nSPS) is 23.5. The fourth-order valence-corrected chi connectivity index (χ4v) is 5.41. The Labute approximate surface area is 170 Å². The highest BCUT2D eigenvalue weighted by atomic mass is 32.1. The molecular formula is C21H29NO5S. The summed E-state index contributed by atoms with van der Waals surface area (Å²) in [5, 5.41) is 3.31. The van der Waals surface area contributed by atoms with Crippen LogP contribution in [0, 0.1) is 24.7 Å². The molecule has 6 nitrogen and oxygen atoms in total. The number of carbonyl (C=O) groups excluding carboxylic acids is 3. The zero-order chi connectivity index (χ0) is 20.6. The van der Waals surface area contributed by atoms with Crippen molar-refractivity contribution in [3.05, 3.63) is 16.0 Å². The van der Waals surface area contributed by atoms with Crippen LogP contribution < -0.4 is 5.32 Å². The second kappa shape index (κ2) is 7.85. The predicted molar refractivity (Wildman–Crippen MR) is 108 cm³/mol. The first-order valence-corrected chi connectivity index (χ1v) is 10.8. The van der Waals surface area contributed by atoms with Crippen LogP contribution in [-0.2, 0) is 14.3 Å². The molecule has 1 N–H and O–H groups in total. The number of esters is 2. The molecule has 0 aromatic carbocycles. The van der Waals surface area contributed by atoms with Crippen LogP contribution in [0.15, 0.2) is 0 Å². The van der Waals surface area contributed by atoms with Crippen molar-refractivity contribution < 1.29 is 23.9 Å². The quantitative estimate of drug-likeness (QED) is 0.724. The van der Waals surface area contributed by atoms with Crippen molar-refractivity contribution in [1.82, 2.24) is 0 Å². The number of hydrogen-bond acceptors (Lipinski definition) is 6. The molecule has 2 aliphatic carbocycles. The molecule has 2 bridgehead atoms. The minimum atomic E-state index is -0.649. The van der Waals surface area contributed by atoms with Crippen molar-refractivity contribution in [3.8, 4) is 0 Å². The van der Waals surface area contributed by atoms with Gasteiger partial charge >= 0.3 is 11.9 Å². The molecule has 7 heteroatoms. The summed E-state index contributed by atoms with van der Waals surface area (Å²) in [5.41, 5.74) is 0.0922. The lowest BCUT2D eigenvalue weighted by molar-refractivity contribution is -0.121. The Morgan fingerprint density at radius 1 is 1.14 bits per heavy atom. The highest BCUT2D eigenvalue weighted by molar-refractivity contribution is 7.18. The first-order chi connectivity index (χ1) is 13.1. The smallest absolute Gasteiger partial charge is 0.349 e. The van der Waals surface area contributed by atoms with Crippen molar-refractivity contribution in [2.75, 3.05) is 11.9 Å². The molecule has 2 saturated carbocycles. The Kier molecular flexibility index (Phi) is 5.84. The van der Waals surface area contributed by atoms with Gasteiger partial charge in [0.25, 0.3) is 0 Å². The Balaban J connectivity index is 1.87. The monoisotopic (exact) mass is 407 g/mol. The molecule has 0 aliphatic heterocycles. The standard InChI is InChI=1S/C21H29NO5S/c1-6-26-19(24)15-11(2)16(20(25)27-21(3,4)5)28-18(15)22-17(23)14-10-12-7-8-13(14)9-12/h12-14H,6-10H2,1-5H3,(H,22,23). The molecule has 154 valence electrons. The van der Waals surface area contributed by atoms with Crippen molar-refractivity contribution in [1.29, 1.82) is 0 Å². The molecule has 1 aromatic rings. The minimum absolute atomic E-state index is 0.0128. The maximum Gasteiger partial charge on any atom is 0.349 e. The number of carbonyl (C=O) groups is 3. The molecular weight excluding hydrogens is 378 g/mol. The number of fused-ring (bicyclic) bond motifs is 2. The summed E-state index contributed by atoms with van der Waals surface area (Å²) in [6.45, 7) is 9.00. The summed E-state index contributed by atoms with van der Waals surface area (Å²) in [6, 6.07) is 0. The van der Waals surface area contributed by atoms with Crippen LogP contribution in [0.3, 0.4) is 0 Å². The third-order valence-electron chi connectivity index (χ3n) is 5.52. The van der Waals surface area contributed by atoms with Gasteiger partial charge in [-0.05, 0) is 71.3 Å². The molecule has 0 radical (unpaired) electrons. The van der Waals surface area contributed by atoms with Gasteiger partial charge in [0.05, 0.1) is 12.2 Å². The average Bonchev–Trinajstić information content (AvgIpc) is 3.27. The van der Waals surface area contributed by atoms with Crippen LogP contribution >= 0.6 is 11.3 Å². The first-order valence-electron chi connectivity index (χ1n) is 9.95. The van der Waals surface area contributed by atoms with Crippen LogP contribution in [0.4, 0.5) is 5.00 Å². The van der Waals surface area contributed by atoms with Crippen molar-refractivity contribution in [2.45, 2.75) is 65.9 Å². The van der Waals surface area contributed by atoms with Crippen LogP contribution in [0.2, 0.25) is 0 Å². The van der Waals surface area contributed by atoms with Gasteiger partial charge < -0.3 is 14.8 Å². The van der Waals surface area contributed by atoms with Crippen molar-refractivity contribution in [2.24, 2.45) is 17.8 Å². The van der Waals surface area contributed by atoms with Crippen LogP contribution in [0.25, 0.3) is 0 Å². The number of anilines is 1. The molecule has 0 saturated heterocycles. The summed E-state index contributed by atoms with van der Waals surface area (Å²) >= 11 is 1.09. The second-order valence-corrected chi connectivity index (χ2v) is 9.77. The van der Waals surface area contributed by atoms with Gasteiger partial charge in [0.2, 0.25) is 5.91 Å². The summed E-state index contributed by atoms with van der Waals surface area (Å²) in [5.74, 6) is -0.0266. The minimum Gasteiger partial charge on any atom is -0.462 e. The van der Waals surface area contributed by atoms with Crippen LogP contribution in [0.1, 0.15) is 79.0 Å². The number of amides is 1. The zero-order valence-electron chi connectivity index (χ0n) is 17.2. The Hall–Kier alpha value is -1.89. The number of ether oxygens (including phenoxy) is 2. The van der Waals surface area contributed by atoms with E-state index < -0.39 is 17.5 Å². The fourth-order valence-electron chi connectivity index (χ4n) is 4.34. The van der Waals surface area contributed by atoms with Crippen molar-refractivity contribution >= 4 is 34.2 Å². The number of hydrogen-bond donors (Lipinski definition) is 1. The molecule has 2 aliphatic rings. The molecule has 1 amide bonds. The third kappa shape index (κ3) is 4.24. The van der Waals surface area contributed by atoms with Gasteiger partial charge in [0.15, 0.2) is 0 Å². The van der Waals surface area contributed by atoms with Gasteiger partial charge in [0.1, 0.15) is 15.5 Å². The number of rotatable bonds is 5. The molecule has 3 atom stereocenters. The average molecular weight is 408 g/mol.